The van der Waals surface area contributed by atoms with Gasteiger partial charge < -0.3 is 5.73 Å². The van der Waals surface area contributed by atoms with E-state index in [4.69, 9.17) is 5.73 Å². The van der Waals surface area contributed by atoms with Gasteiger partial charge in [0.05, 0.1) is 0 Å². The molecular weight excluding hydrogens is 257 g/mol. The summed E-state index contributed by atoms with van der Waals surface area (Å²) < 4.78 is 13.8. The average Bonchev–Trinajstić information content (AvgIpc) is 2.16. The van der Waals surface area contributed by atoms with Crippen LogP contribution in [-0.4, -0.2) is 0 Å². The summed E-state index contributed by atoms with van der Waals surface area (Å²) in [7, 11) is 0. The van der Waals surface area contributed by atoms with Gasteiger partial charge in [-0.25, -0.2) is 4.39 Å². The highest BCUT2D eigenvalue weighted by Crippen LogP contribution is 2.23. The number of rotatable bonds is 4. The largest absolute Gasteiger partial charge is 0.324 e. The van der Waals surface area contributed by atoms with Gasteiger partial charge in [0, 0.05) is 10.5 Å². The molecule has 0 bridgehead atoms. The summed E-state index contributed by atoms with van der Waals surface area (Å²) in [6.07, 6.45) is 1.61. The van der Waals surface area contributed by atoms with Gasteiger partial charge in [0.1, 0.15) is 5.82 Å². The van der Waals surface area contributed by atoms with Crippen molar-refractivity contribution in [2.45, 2.75) is 25.8 Å². The lowest BCUT2D eigenvalue weighted by Gasteiger charge is -2.13. The second kappa shape index (κ2) is 5.42. The molecule has 0 aliphatic carbocycles. The molecule has 1 aromatic carbocycles. The molecule has 82 valence electrons. The minimum atomic E-state index is -0.267. The van der Waals surface area contributed by atoms with Gasteiger partial charge in [-0.3, -0.25) is 0 Å². The molecule has 0 heterocycles. The summed E-state index contributed by atoms with van der Waals surface area (Å²) >= 11 is 3.25. The molecule has 0 aromatic heterocycles. The van der Waals surface area contributed by atoms with Gasteiger partial charge in [-0.15, -0.1) is 0 Å². The standard InChI is InChI=1S/C12H15BrFN/c1-3-8(2)4-12(15)9-5-10(13)7-11(14)6-9/h5-7,12H,2-4,15H2,1H3. The maximum absolute atomic E-state index is 13.1. The van der Waals surface area contributed by atoms with Crippen molar-refractivity contribution < 1.29 is 4.39 Å². The van der Waals surface area contributed by atoms with Gasteiger partial charge in [-0.2, -0.15) is 0 Å². The molecule has 0 aliphatic heterocycles. The van der Waals surface area contributed by atoms with Crippen LogP contribution < -0.4 is 5.73 Å². The molecule has 0 fully saturated rings. The van der Waals surface area contributed by atoms with Gasteiger partial charge in [0.2, 0.25) is 0 Å². The zero-order valence-corrected chi connectivity index (χ0v) is 10.3. The Morgan fingerprint density at radius 3 is 2.73 bits per heavy atom. The van der Waals surface area contributed by atoms with E-state index >= 15 is 0 Å². The third-order valence-electron chi connectivity index (χ3n) is 2.32. The number of halogens is 2. The SMILES string of the molecule is C=C(CC)CC(N)c1cc(F)cc(Br)c1. The Balaban J connectivity index is 2.81. The lowest BCUT2D eigenvalue weighted by Crippen LogP contribution is -2.11. The van der Waals surface area contributed by atoms with E-state index in [9.17, 15) is 4.39 Å². The topological polar surface area (TPSA) is 26.0 Å². The Hall–Kier alpha value is -0.670. The van der Waals surface area contributed by atoms with Crippen LogP contribution >= 0.6 is 15.9 Å². The van der Waals surface area contributed by atoms with Crippen LogP contribution in [0.1, 0.15) is 31.4 Å². The second-order valence-electron chi connectivity index (χ2n) is 3.62. The molecule has 1 unspecified atom stereocenters. The molecule has 1 rings (SSSR count). The number of nitrogens with two attached hydrogens (primary N) is 1. The lowest BCUT2D eigenvalue weighted by atomic mass is 9.99. The third kappa shape index (κ3) is 3.76. The van der Waals surface area contributed by atoms with Crippen LogP contribution in [0.3, 0.4) is 0 Å². The number of hydrogen-bond acceptors (Lipinski definition) is 1. The first-order chi connectivity index (χ1) is 7.02. The molecule has 1 aromatic rings. The van der Waals surface area contributed by atoms with Crippen molar-refractivity contribution in [3.05, 3.63) is 46.2 Å². The van der Waals surface area contributed by atoms with E-state index in [1.54, 1.807) is 0 Å². The fourth-order valence-corrected chi connectivity index (χ4v) is 1.85. The monoisotopic (exact) mass is 271 g/mol. The lowest BCUT2D eigenvalue weighted by molar-refractivity contribution is 0.616. The summed E-state index contributed by atoms with van der Waals surface area (Å²) in [4.78, 5) is 0. The zero-order chi connectivity index (χ0) is 11.4. The number of hydrogen-bond donors (Lipinski definition) is 1. The van der Waals surface area contributed by atoms with Crippen LogP contribution in [0, 0.1) is 5.82 Å². The average molecular weight is 272 g/mol. The summed E-state index contributed by atoms with van der Waals surface area (Å²) in [6.45, 7) is 5.94. The first-order valence-corrected chi connectivity index (χ1v) is 5.70. The van der Waals surface area contributed by atoms with E-state index < -0.39 is 0 Å². The fraction of sp³-hybridized carbons (Fsp3) is 0.333. The van der Waals surface area contributed by atoms with Gasteiger partial charge in [0.15, 0.2) is 0 Å². The number of benzene rings is 1. The Labute approximate surface area is 98.3 Å². The highest BCUT2D eigenvalue weighted by molar-refractivity contribution is 9.10. The van der Waals surface area contributed by atoms with E-state index in [0.717, 1.165) is 22.0 Å². The normalized spacial score (nSPS) is 12.5. The zero-order valence-electron chi connectivity index (χ0n) is 8.76. The van der Waals surface area contributed by atoms with Gasteiger partial charge in [0.25, 0.3) is 0 Å². The smallest absolute Gasteiger partial charge is 0.124 e. The molecule has 0 radical (unpaired) electrons. The van der Waals surface area contributed by atoms with Crippen molar-refractivity contribution >= 4 is 15.9 Å². The van der Waals surface area contributed by atoms with Crippen LogP contribution in [0.2, 0.25) is 0 Å². The summed E-state index contributed by atoms with van der Waals surface area (Å²) in [5.74, 6) is -0.267. The van der Waals surface area contributed by atoms with E-state index in [0.29, 0.717) is 6.42 Å². The summed E-state index contributed by atoms with van der Waals surface area (Å²) in [6, 6.07) is 4.56. The van der Waals surface area contributed by atoms with Crippen molar-refractivity contribution in [1.82, 2.24) is 0 Å². The molecule has 0 aliphatic rings. The highest BCUT2D eigenvalue weighted by Gasteiger charge is 2.09. The van der Waals surface area contributed by atoms with Crippen LogP contribution in [0.15, 0.2) is 34.8 Å². The predicted molar refractivity (Wildman–Crippen MR) is 65.1 cm³/mol. The van der Waals surface area contributed by atoms with Gasteiger partial charge in [-0.05, 0) is 36.6 Å². The van der Waals surface area contributed by atoms with Gasteiger partial charge >= 0.3 is 0 Å². The van der Waals surface area contributed by atoms with Crippen molar-refractivity contribution in [3.8, 4) is 0 Å². The fourth-order valence-electron chi connectivity index (χ4n) is 1.36. The Bertz CT molecular complexity index is 342. The molecule has 2 N–H and O–H groups in total. The third-order valence-corrected chi connectivity index (χ3v) is 2.78. The minimum absolute atomic E-state index is 0.176. The highest BCUT2D eigenvalue weighted by atomic mass is 79.9. The molecule has 15 heavy (non-hydrogen) atoms. The first kappa shape index (κ1) is 12.4. The Morgan fingerprint density at radius 2 is 2.20 bits per heavy atom. The van der Waals surface area contributed by atoms with Crippen LogP contribution in [0.25, 0.3) is 0 Å². The van der Waals surface area contributed by atoms with Crippen molar-refractivity contribution in [2.24, 2.45) is 5.73 Å². The van der Waals surface area contributed by atoms with Crippen molar-refractivity contribution in [2.75, 3.05) is 0 Å². The maximum Gasteiger partial charge on any atom is 0.124 e. The Morgan fingerprint density at radius 1 is 1.53 bits per heavy atom. The van der Waals surface area contributed by atoms with Crippen molar-refractivity contribution in [3.63, 3.8) is 0 Å². The van der Waals surface area contributed by atoms with Crippen LogP contribution in [0.4, 0.5) is 4.39 Å². The molecular formula is C12H15BrFN. The van der Waals surface area contributed by atoms with Gasteiger partial charge in [-0.1, -0.05) is 35.0 Å². The summed E-state index contributed by atoms with van der Waals surface area (Å²) in [5.41, 5.74) is 7.85. The second-order valence-corrected chi connectivity index (χ2v) is 4.53. The van der Waals surface area contributed by atoms with E-state index in [1.165, 1.54) is 12.1 Å². The van der Waals surface area contributed by atoms with Crippen LogP contribution in [0.5, 0.6) is 0 Å². The quantitative estimate of drug-likeness (QED) is 0.825. The predicted octanol–water partition coefficient (Wildman–Crippen LogP) is 3.94. The molecule has 0 saturated heterocycles. The molecule has 0 spiro atoms. The summed E-state index contributed by atoms with van der Waals surface area (Å²) in [5, 5.41) is 0. The van der Waals surface area contributed by atoms with Crippen molar-refractivity contribution in [1.29, 1.82) is 0 Å². The van der Waals surface area contributed by atoms with E-state index in [1.807, 2.05) is 13.0 Å². The molecule has 1 atom stereocenters. The Kier molecular flexibility index (Phi) is 4.48. The minimum Gasteiger partial charge on any atom is -0.324 e. The molecule has 0 saturated carbocycles. The van der Waals surface area contributed by atoms with E-state index in [-0.39, 0.29) is 11.9 Å². The molecule has 1 nitrogen and oxygen atoms in total. The molecule has 3 heteroatoms. The maximum atomic E-state index is 13.1. The van der Waals surface area contributed by atoms with Crippen LogP contribution in [-0.2, 0) is 0 Å². The molecule has 0 amide bonds. The van der Waals surface area contributed by atoms with E-state index in [2.05, 4.69) is 22.5 Å². The first-order valence-electron chi connectivity index (χ1n) is 4.91.